The Balaban J connectivity index is 1.72. The molecule has 11 heteroatoms. The van der Waals surface area contributed by atoms with Crippen LogP contribution in [0.15, 0.2) is 48.9 Å². The molecule has 1 amide bonds. The van der Waals surface area contributed by atoms with E-state index in [1.54, 1.807) is 42.2 Å². The fourth-order valence-electron chi connectivity index (χ4n) is 3.17. The molecule has 1 atom stereocenters. The summed E-state index contributed by atoms with van der Waals surface area (Å²) < 4.78 is 33.9. The average Bonchev–Trinajstić information content (AvgIpc) is 3.18. The SMILES string of the molecule is COCC(=O)Nc1nc(N[C@@H](C)c2ccc(F)cc2F)cc(-c2cnn3cccnc23)n1. The summed E-state index contributed by atoms with van der Waals surface area (Å²) in [7, 11) is 1.40. The molecular formula is C21H19F2N7O2. The van der Waals surface area contributed by atoms with Gasteiger partial charge in [0.1, 0.15) is 24.1 Å². The molecule has 0 aliphatic carbocycles. The van der Waals surface area contributed by atoms with Gasteiger partial charge in [-0.2, -0.15) is 10.1 Å². The summed E-state index contributed by atoms with van der Waals surface area (Å²) in [5.41, 5.74) is 1.87. The van der Waals surface area contributed by atoms with E-state index in [0.717, 1.165) is 6.07 Å². The highest BCUT2D eigenvalue weighted by Gasteiger charge is 2.17. The van der Waals surface area contributed by atoms with Gasteiger partial charge in [0, 0.05) is 37.2 Å². The minimum atomic E-state index is -0.681. The summed E-state index contributed by atoms with van der Waals surface area (Å²) >= 11 is 0. The molecule has 4 rings (SSSR count). The number of methoxy groups -OCH3 is 1. The smallest absolute Gasteiger partial charge is 0.252 e. The molecular weight excluding hydrogens is 420 g/mol. The number of aromatic nitrogens is 5. The zero-order chi connectivity index (χ0) is 22.7. The normalized spacial score (nSPS) is 12.0. The Morgan fingerprint density at radius 2 is 2.09 bits per heavy atom. The van der Waals surface area contributed by atoms with Gasteiger partial charge in [0.05, 0.1) is 23.5 Å². The third-order valence-electron chi connectivity index (χ3n) is 4.60. The van der Waals surface area contributed by atoms with Crippen molar-refractivity contribution < 1.29 is 18.3 Å². The van der Waals surface area contributed by atoms with Crippen molar-refractivity contribution in [2.75, 3.05) is 24.4 Å². The minimum Gasteiger partial charge on any atom is -0.375 e. The minimum absolute atomic E-state index is 0.0223. The van der Waals surface area contributed by atoms with Gasteiger partial charge in [-0.15, -0.1) is 0 Å². The van der Waals surface area contributed by atoms with Crippen molar-refractivity contribution in [1.29, 1.82) is 0 Å². The molecule has 2 N–H and O–H groups in total. The number of amides is 1. The lowest BCUT2D eigenvalue weighted by Gasteiger charge is -2.17. The number of hydrogen-bond donors (Lipinski definition) is 2. The number of ether oxygens (including phenoxy) is 1. The van der Waals surface area contributed by atoms with Gasteiger partial charge in [0.15, 0.2) is 5.65 Å². The van der Waals surface area contributed by atoms with Crippen LogP contribution >= 0.6 is 0 Å². The van der Waals surface area contributed by atoms with Crippen molar-refractivity contribution >= 4 is 23.3 Å². The van der Waals surface area contributed by atoms with E-state index in [4.69, 9.17) is 4.74 Å². The van der Waals surface area contributed by atoms with Crippen LogP contribution in [0.1, 0.15) is 18.5 Å². The number of nitrogens with one attached hydrogen (secondary N) is 2. The lowest BCUT2D eigenvalue weighted by atomic mass is 10.1. The zero-order valence-corrected chi connectivity index (χ0v) is 17.2. The molecule has 0 bridgehead atoms. The lowest BCUT2D eigenvalue weighted by Crippen LogP contribution is -2.19. The Kier molecular flexibility index (Phi) is 5.99. The van der Waals surface area contributed by atoms with Crippen molar-refractivity contribution in [2.45, 2.75) is 13.0 Å². The Morgan fingerprint density at radius 1 is 1.25 bits per heavy atom. The average molecular weight is 439 g/mol. The van der Waals surface area contributed by atoms with Crippen molar-refractivity contribution in [2.24, 2.45) is 0 Å². The van der Waals surface area contributed by atoms with Gasteiger partial charge in [-0.25, -0.2) is 23.3 Å². The van der Waals surface area contributed by atoms with Gasteiger partial charge >= 0.3 is 0 Å². The standard InChI is InChI=1S/C21H19F2N7O2/c1-12(14-5-4-13(22)8-16(14)23)26-18-9-17(27-21(28-18)29-19(31)11-32-2)15-10-25-30-7-3-6-24-20(15)30/h3-10,12H,11H2,1-2H3,(H2,26,27,28,29,31)/t12-/m0/s1. The molecule has 0 radical (unpaired) electrons. The maximum absolute atomic E-state index is 14.2. The van der Waals surface area contributed by atoms with Crippen LogP contribution in [-0.4, -0.2) is 44.2 Å². The third-order valence-corrected chi connectivity index (χ3v) is 4.60. The summed E-state index contributed by atoms with van der Waals surface area (Å²) in [6, 6.07) is 6.19. The van der Waals surface area contributed by atoms with E-state index in [2.05, 4.69) is 30.7 Å². The van der Waals surface area contributed by atoms with Crippen LogP contribution in [0.25, 0.3) is 16.9 Å². The molecule has 0 saturated carbocycles. The first-order valence-electron chi connectivity index (χ1n) is 9.62. The number of fused-ring (bicyclic) bond motifs is 1. The number of anilines is 2. The summed E-state index contributed by atoms with van der Waals surface area (Å²) in [5.74, 6) is -1.44. The number of halogens is 2. The monoisotopic (exact) mass is 439 g/mol. The quantitative estimate of drug-likeness (QED) is 0.455. The number of rotatable bonds is 7. The third kappa shape index (κ3) is 4.52. The molecule has 32 heavy (non-hydrogen) atoms. The second-order valence-electron chi connectivity index (χ2n) is 6.92. The summed E-state index contributed by atoms with van der Waals surface area (Å²) in [6.45, 7) is 1.53. The molecule has 4 aromatic rings. The van der Waals surface area contributed by atoms with Crippen LogP contribution in [-0.2, 0) is 9.53 Å². The van der Waals surface area contributed by atoms with Crippen molar-refractivity contribution in [3.63, 3.8) is 0 Å². The number of benzene rings is 1. The highest BCUT2D eigenvalue weighted by Crippen LogP contribution is 2.27. The summed E-state index contributed by atoms with van der Waals surface area (Å²) in [5, 5.41) is 9.89. The van der Waals surface area contributed by atoms with E-state index in [1.165, 1.54) is 19.2 Å². The van der Waals surface area contributed by atoms with Crippen molar-refractivity contribution in [3.8, 4) is 11.3 Å². The van der Waals surface area contributed by atoms with Crippen LogP contribution in [0, 0.1) is 11.6 Å². The maximum Gasteiger partial charge on any atom is 0.252 e. The Labute approximate surface area is 181 Å². The number of hydrogen-bond acceptors (Lipinski definition) is 7. The maximum atomic E-state index is 14.2. The van der Waals surface area contributed by atoms with Crippen molar-refractivity contribution in [1.82, 2.24) is 24.6 Å². The van der Waals surface area contributed by atoms with Crippen molar-refractivity contribution in [3.05, 3.63) is 66.1 Å². The fraction of sp³-hybridized carbons (Fsp3) is 0.190. The van der Waals surface area contributed by atoms with Crippen LogP contribution in [0.3, 0.4) is 0 Å². The first kappa shape index (κ1) is 21.2. The lowest BCUT2D eigenvalue weighted by molar-refractivity contribution is -0.119. The molecule has 3 heterocycles. The van der Waals surface area contributed by atoms with Gasteiger partial charge < -0.3 is 10.1 Å². The topological polar surface area (TPSA) is 106 Å². The number of carbonyl (C=O) groups excluding carboxylic acids is 1. The highest BCUT2D eigenvalue weighted by molar-refractivity contribution is 5.90. The van der Waals surface area contributed by atoms with E-state index >= 15 is 0 Å². The zero-order valence-electron chi connectivity index (χ0n) is 17.2. The largest absolute Gasteiger partial charge is 0.375 e. The van der Waals surface area contributed by atoms with Gasteiger partial charge in [0.25, 0.3) is 5.91 Å². The molecule has 0 aliphatic rings. The highest BCUT2D eigenvalue weighted by atomic mass is 19.1. The Hall–Kier alpha value is -3.99. The van der Waals surface area contributed by atoms with Gasteiger partial charge in [0.2, 0.25) is 5.95 Å². The molecule has 9 nitrogen and oxygen atoms in total. The molecule has 0 spiro atoms. The molecule has 164 valence electrons. The molecule has 0 unspecified atom stereocenters. The Bertz CT molecular complexity index is 1280. The summed E-state index contributed by atoms with van der Waals surface area (Å²) in [4.78, 5) is 25.0. The van der Waals surface area contributed by atoms with Crippen LogP contribution in [0.4, 0.5) is 20.5 Å². The number of nitrogens with zero attached hydrogens (tertiary/aromatic N) is 5. The van der Waals surface area contributed by atoms with Gasteiger partial charge in [-0.3, -0.25) is 10.1 Å². The molecule has 0 fully saturated rings. The van der Waals surface area contributed by atoms with Gasteiger partial charge in [-0.1, -0.05) is 6.07 Å². The second-order valence-corrected chi connectivity index (χ2v) is 6.92. The first-order chi connectivity index (χ1) is 15.4. The van der Waals surface area contributed by atoms with E-state index < -0.39 is 23.6 Å². The predicted octanol–water partition coefficient (Wildman–Crippen LogP) is 3.22. The van der Waals surface area contributed by atoms with Crippen LogP contribution in [0.5, 0.6) is 0 Å². The molecule has 3 aromatic heterocycles. The molecule has 0 aliphatic heterocycles. The van der Waals surface area contributed by atoms with E-state index in [-0.39, 0.29) is 18.1 Å². The van der Waals surface area contributed by atoms with E-state index in [1.807, 2.05) is 0 Å². The Morgan fingerprint density at radius 3 is 2.88 bits per heavy atom. The van der Waals surface area contributed by atoms with E-state index in [0.29, 0.717) is 22.7 Å². The van der Waals surface area contributed by atoms with E-state index in [9.17, 15) is 13.6 Å². The second kappa shape index (κ2) is 9.02. The van der Waals surface area contributed by atoms with Crippen LogP contribution in [0.2, 0.25) is 0 Å². The van der Waals surface area contributed by atoms with Crippen LogP contribution < -0.4 is 10.6 Å². The number of carbonyl (C=O) groups is 1. The summed E-state index contributed by atoms with van der Waals surface area (Å²) in [6.07, 6.45) is 4.96. The molecule has 1 aromatic carbocycles. The predicted molar refractivity (Wildman–Crippen MR) is 113 cm³/mol. The fourth-order valence-corrected chi connectivity index (χ4v) is 3.17. The molecule has 0 saturated heterocycles. The van der Waals surface area contributed by atoms with Gasteiger partial charge in [-0.05, 0) is 19.1 Å². The first-order valence-corrected chi connectivity index (χ1v) is 9.62.